The Kier molecular flexibility index (Phi) is 6.86. The zero-order valence-corrected chi connectivity index (χ0v) is 22.8. The molecule has 0 aliphatic carbocycles. The normalized spacial score (nSPS) is 16.2. The standard InChI is InChI=1S/C28H30ClN7O3/c1-38-24-17-25(39-2)22(29)16-21(24)23-18-36-8-4-19(15-27(36)31-23)33-11-13-35(14-12-33)28-30-7-3-26(32-28)34-9-5-20(37)6-10-34/h3-4,7-8,15-18H,5-6,9-14H2,1-2H3. The number of piperazine rings is 1. The van der Waals surface area contributed by atoms with Gasteiger partial charge in [-0.3, -0.25) is 4.79 Å². The SMILES string of the molecule is COc1cc(OC)c(-c2cn3ccc(N4CCN(c5nccc(N6CCC(=O)CC6)n5)CC4)cc3n2)cc1Cl. The van der Waals surface area contributed by atoms with Crippen LogP contribution in [0.2, 0.25) is 5.02 Å². The highest BCUT2D eigenvalue weighted by Crippen LogP contribution is 2.38. The van der Waals surface area contributed by atoms with Crippen LogP contribution in [0.15, 0.2) is 48.9 Å². The zero-order valence-electron chi connectivity index (χ0n) is 22.0. The first-order valence-corrected chi connectivity index (χ1v) is 13.4. The predicted octanol–water partition coefficient (Wildman–Crippen LogP) is 3.96. The number of fused-ring (bicyclic) bond motifs is 1. The van der Waals surface area contributed by atoms with E-state index in [1.54, 1.807) is 20.3 Å². The Morgan fingerprint density at radius 3 is 2.33 bits per heavy atom. The molecule has 202 valence electrons. The Bertz CT molecular complexity index is 1510. The maximum Gasteiger partial charge on any atom is 0.227 e. The van der Waals surface area contributed by atoms with Gasteiger partial charge < -0.3 is 28.6 Å². The second-order valence-electron chi connectivity index (χ2n) is 9.68. The molecule has 11 heteroatoms. The maximum atomic E-state index is 11.6. The lowest BCUT2D eigenvalue weighted by Gasteiger charge is -2.36. The van der Waals surface area contributed by atoms with Gasteiger partial charge in [-0.25, -0.2) is 9.97 Å². The number of carbonyl (C=O) groups is 1. The summed E-state index contributed by atoms with van der Waals surface area (Å²) >= 11 is 6.39. The quantitative estimate of drug-likeness (QED) is 0.356. The number of imidazole rings is 1. The monoisotopic (exact) mass is 547 g/mol. The molecule has 6 rings (SSSR count). The fraction of sp³-hybridized carbons (Fsp3) is 0.357. The summed E-state index contributed by atoms with van der Waals surface area (Å²) in [6, 6.07) is 9.74. The van der Waals surface area contributed by atoms with Gasteiger partial charge in [0, 0.05) is 94.1 Å². The van der Waals surface area contributed by atoms with Crippen molar-refractivity contribution in [1.82, 2.24) is 19.4 Å². The van der Waals surface area contributed by atoms with Crippen LogP contribution in [-0.2, 0) is 4.79 Å². The number of anilines is 3. The minimum absolute atomic E-state index is 0.325. The summed E-state index contributed by atoms with van der Waals surface area (Å²) in [5.41, 5.74) is 3.54. The molecule has 0 unspecified atom stereocenters. The highest BCUT2D eigenvalue weighted by molar-refractivity contribution is 6.32. The number of nitrogens with zero attached hydrogens (tertiary/aromatic N) is 7. The summed E-state index contributed by atoms with van der Waals surface area (Å²) in [6.07, 6.45) is 6.99. The first-order chi connectivity index (χ1) is 19.0. The van der Waals surface area contributed by atoms with Gasteiger partial charge in [-0.2, -0.15) is 4.98 Å². The number of rotatable bonds is 6. The number of Topliss-reactive ketones (excluding diaryl/α,β-unsaturated/α-hetero) is 1. The highest BCUT2D eigenvalue weighted by Gasteiger charge is 2.23. The van der Waals surface area contributed by atoms with Crippen molar-refractivity contribution in [2.45, 2.75) is 12.8 Å². The van der Waals surface area contributed by atoms with Crippen LogP contribution in [0.4, 0.5) is 17.5 Å². The van der Waals surface area contributed by atoms with E-state index in [-0.39, 0.29) is 0 Å². The van der Waals surface area contributed by atoms with E-state index in [0.717, 1.165) is 73.6 Å². The van der Waals surface area contributed by atoms with Crippen LogP contribution >= 0.6 is 11.6 Å². The summed E-state index contributed by atoms with van der Waals surface area (Å²) in [5.74, 6) is 3.17. The molecule has 0 radical (unpaired) electrons. The molecule has 0 amide bonds. The molecular formula is C28H30ClN7O3. The topological polar surface area (TPSA) is 88.3 Å². The van der Waals surface area contributed by atoms with Crippen molar-refractivity contribution in [1.29, 1.82) is 0 Å². The number of hydrogen-bond donors (Lipinski definition) is 0. The number of aromatic nitrogens is 4. The Morgan fingerprint density at radius 2 is 1.59 bits per heavy atom. The van der Waals surface area contributed by atoms with E-state index >= 15 is 0 Å². The van der Waals surface area contributed by atoms with Crippen LogP contribution in [0.25, 0.3) is 16.9 Å². The van der Waals surface area contributed by atoms with E-state index in [9.17, 15) is 4.79 Å². The molecule has 0 saturated carbocycles. The minimum atomic E-state index is 0.325. The van der Waals surface area contributed by atoms with Crippen LogP contribution in [0.3, 0.4) is 0 Å². The van der Waals surface area contributed by atoms with Gasteiger partial charge in [0.05, 0.1) is 24.9 Å². The summed E-state index contributed by atoms with van der Waals surface area (Å²) in [4.78, 5) is 32.6. The third-order valence-electron chi connectivity index (χ3n) is 7.39. The minimum Gasteiger partial charge on any atom is -0.496 e. The van der Waals surface area contributed by atoms with Crippen molar-refractivity contribution in [2.24, 2.45) is 0 Å². The molecule has 1 aromatic carbocycles. The fourth-order valence-electron chi connectivity index (χ4n) is 5.18. The third-order valence-corrected chi connectivity index (χ3v) is 7.69. The molecule has 2 fully saturated rings. The van der Waals surface area contributed by atoms with Crippen LogP contribution < -0.4 is 24.2 Å². The van der Waals surface area contributed by atoms with E-state index in [4.69, 9.17) is 31.0 Å². The molecule has 0 bridgehead atoms. The van der Waals surface area contributed by atoms with Gasteiger partial charge in [-0.15, -0.1) is 0 Å². The van der Waals surface area contributed by atoms with E-state index < -0.39 is 0 Å². The van der Waals surface area contributed by atoms with Gasteiger partial charge >= 0.3 is 0 Å². The number of ether oxygens (including phenoxy) is 2. The van der Waals surface area contributed by atoms with Crippen LogP contribution in [0.5, 0.6) is 11.5 Å². The van der Waals surface area contributed by atoms with Gasteiger partial charge in [0.2, 0.25) is 5.95 Å². The average Bonchev–Trinajstić information content (AvgIpc) is 3.41. The van der Waals surface area contributed by atoms with E-state index in [2.05, 4.69) is 31.8 Å². The number of halogens is 1. The molecule has 0 spiro atoms. The molecule has 2 aliphatic rings. The lowest BCUT2D eigenvalue weighted by atomic mass is 10.1. The second-order valence-corrected chi connectivity index (χ2v) is 10.1. The van der Waals surface area contributed by atoms with Gasteiger partial charge in [-0.05, 0) is 18.2 Å². The van der Waals surface area contributed by atoms with Crippen molar-refractivity contribution in [3.8, 4) is 22.8 Å². The second kappa shape index (κ2) is 10.6. The molecule has 3 aromatic heterocycles. The van der Waals surface area contributed by atoms with Crippen LogP contribution in [-0.4, -0.2) is 78.6 Å². The van der Waals surface area contributed by atoms with E-state index in [1.807, 2.05) is 35.1 Å². The Labute approximate surface area is 231 Å². The highest BCUT2D eigenvalue weighted by atomic mass is 35.5. The molecule has 4 aromatic rings. The number of piperidine rings is 1. The molecule has 2 aliphatic heterocycles. The zero-order chi connectivity index (χ0) is 26.9. The van der Waals surface area contributed by atoms with Crippen molar-refractivity contribution in [3.63, 3.8) is 0 Å². The summed E-state index contributed by atoms with van der Waals surface area (Å²) in [5, 5.41) is 0.504. The first kappa shape index (κ1) is 25.2. The number of benzene rings is 1. The average molecular weight is 548 g/mol. The molecule has 10 nitrogen and oxygen atoms in total. The number of carbonyl (C=O) groups excluding carboxylic acids is 1. The molecule has 0 atom stereocenters. The van der Waals surface area contributed by atoms with Crippen LogP contribution in [0.1, 0.15) is 12.8 Å². The molecule has 2 saturated heterocycles. The molecule has 0 N–H and O–H groups in total. The number of ketones is 1. The van der Waals surface area contributed by atoms with Crippen molar-refractivity contribution in [3.05, 3.63) is 53.9 Å². The van der Waals surface area contributed by atoms with Crippen molar-refractivity contribution >= 4 is 40.5 Å². The maximum absolute atomic E-state index is 11.6. The molecule has 5 heterocycles. The number of hydrogen-bond acceptors (Lipinski definition) is 9. The van der Waals surface area contributed by atoms with Gasteiger partial charge in [0.1, 0.15) is 28.7 Å². The fourth-order valence-corrected chi connectivity index (χ4v) is 5.42. The Hall–Kier alpha value is -4.05. The lowest BCUT2D eigenvalue weighted by molar-refractivity contribution is -0.119. The summed E-state index contributed by atoms with van der Waals surface area (Å²) in [7, 11) is 3.20. The third kappa shape index (κ3) is 5.04. The van der Waals surface area contributed by atoms with Gasteiger partial charge in [-0.1, -0.05) is 11.6 Å². The van der Waals surface area contributed by atoms with Gasteiger partial charge in [0.25, 0.3) is 0 Å². The lowest BCUT2D eigenvalue weighted by Crippen LogP contribution is -2.47. The van der Waals surface area contributed by atoms with Crippen molar-refractivity contribution < 1.29 is 14.3 Å². The summed E-state index contributed by atoms with van der Waals surface area (Å²) in [6.45, 7) is 4.76. The molecular weight excluding hydrogens is 518 g/mol. The van der Waals surface area contributed by atoms with Crippen LogP contribution in [0, 0.1) is 0 Å². The Balaban J connectivity index is 1.16. The number of methoxy groups -OCH3 is 2. The smallest absolute Gasteiger partial charge is 0.227 e. The predicted molar refractivity (Wildman–Crippen MR) is 152 cm³/mol. The van der Waals surface area contributed by atoms with E-state index in [1.165, 1.54) is 0 Å². The Morgan fingerprint density at radius 1 is 0.846 bits per heavy atom. The number of pyridine rings is 1. The van der Waals surface area contributed by atoms with E-state index in [0.29, 0.717) is 35.1 Å². The van der Waals surface area contributed by atoms with Crippen molar-refractivity contribution in [2.75, 3.05) is 68.2 Å². The van der Waals surface area contributed by atoms with Gasteiger partial charge in [0.15, 0.2) is 0 Å². The first-order valence-electron chi connectivity index (χ1n) is 13.0. The largest absolute Gasteiger partial charge is 0.496 e. The summed E-state index contributed by atoms with van der Waals surface area (Å²) < 4.78 is 12.9. The molecule has 39 heavy (non-hydrogen) atoms.